The van der Waals surface area contributed by atoms with Gasteiger partial charge in [0, 0.05) is 13.8 Å². The Kier molecular flexibility index (Phi) is 23.1. The van der Waals surface area contributed by atoms with E-state index in [1.165, 1.54) is 6.92 Å². The molecule has 7 saturated heterocycles. The Morgan fingerprint density at radius 2 is 0.875 bits per heavy atom. The third-order valence-electron chi connectivity index (χ3n) is 14.8. The monoisotopic (exact) mass is 1170 g/mol. The van der Waals surface area contributed by atoms with Crippen LogP contribution in [0.25, 0.3) is 0 Å². The zero-order valence-electron chi connectivity index (χ0n) is 43.2. The Labute approximate surface area is 454 Å². The molecule has 35 heteroatoms. The molecule has 0 aliphatic carbocycles. The fraction of sp³-hybridized carbons (Fsp3) is 0.956. The van der Waals surface area contributed by atoms with Crippen LogP contribution >= 0.6 is 0 Å². The average Bonchev–Trinajstić information content (AvgIpc) is 3.45. The number of rotatable bonds is 19. The zero-order chi connectivity index (χ0) is 58.8. The number of hydrogen-bond acceptors (Lipinski definition) is 33. The smallest absolute Gasteiger partial charge is 0.217 e. The van der Waals surface area contributed by atoms with Gasteiger partial charge in [0.25, 0.3) is 0 Å². The number of carbonyl (C=O) groups is 2. The van der Waals surface area contributed by atoms with Gasteiger partial charge in [-0.25, -0.2) is 0 Å². The first kappa shape index (κ1) is 65.2. The molecule has 2 amide bonds. The Balaban J connectivity index is 1.25. The van der Waals surface area contributed by atoms with Gasteiger partial charge in [0.05, 0.1) is 58.4 Å². The Hall–Kier alpha value is -2.30. The van der Waals surface area contributed by atoms with Gasteiger partial charge in [-0.2, -0.15) is 0 Å². The van der Waals surface area contributed by atoms with Crippen molar-refractivity contribution < 1.29 is 163 Å². The molecule has 0 saturated carbocycles. The van der Waals surface area contributed by atoms with Crippen molar-refractivity contribution in [3.63, 3.8) is 0 Å². The number of nitrogens with one attached hydrogen (secondary N) is 2. The van der Waals surface area contributed by atoms with E-state index in [2.05, 4.69) is 10.6 Å². The maximum Gasteiger partial charge on any atom is 0.217 e. The highest BCUT2D eigenvalue weighted by molar-refractivity contribution is 5.73. The molecule has 7 aliphatic rings. The first-order chi connectivity index (χ1) is 37.8. The molecule has 20 N–H and O–H groups in total. The number of carbonyl (C=O) groups excluding carboxylic acids is 2. The molecular weight excluding hydrogens is 1100 g/mol. The Morgan fingerprint density at radius 1 is 0.400 bits per heavy atom. The SMILES string of the molecule is CC(=O)N[C@H]1[C@H](O[C@H]2[C@H](O[C@H]3O[C@@H](C)[C@@H](O)[C@@H](O)[C@@H]3O)[C@@H](NC(C)=O)CO[C@@H]2CO)O[C@H](CO)[C@@H](O[C@H]2O[C@H](CO[C@H]3O[C@H](CO)[C@@H](O)[C@H](O)[C@@H]3O)[C@@H](O)[C@H](O[C@H]3O[C@H](CO)[C@@H](O)[C@H](O)[C@@H]3O)[C@@H]2O[C@H]2OC[C@@H](O)[C@H](O)[C@H]2O)[C@@H]1O. The van der Waals surface area contributed by atoms with Crippen molar-refractivity contribution in [2.45, 2.75) is 223 Å². The summed E-state index contributed by atoms with van der Waals surface area (Å²) in [6.07, 6.45) is -58.2. The second kappa shape index (κ2) is 28.3. The molecule has 0 aromatic carbocycles. The first-order valence-electron chi connectivity index (χ1n) is 25.8. The molecule has 464 valence electrons. The summed E-state index contributed by atoms with van der Waals surface area (Å²) >= 11 is 0. The normalized spacial score (nSPS) is 50.4. The molecule has 33 atom stereocenters. The number of amides is 2. The summed E-state index contributed by atoms with van der Waals surface area (Å²) in [5.74, 6) is -1.50. The fourth-order valence-electron chi connectivity index (χ4n) is 10.3. The van der Waals surface area contributed by atoms with E-state index in [0.717, 1.165) is 13.8 Å². The van der Waals surface area contributed by atoms with Crippen LogP contribution < -0.4 is 10.6 Å². The second-order valence-corrected chi connectivity index (χ2v) is 20.5. The second-order valence-electron chi connectivity index (χ2n) is 20.5. The van der Waals surface area contributed by atoms with Crippen LogP contribution in [0, 0.1) is 0 Å². The van der Waals surface area contributed by atoms with Gasteiger partial charge in [0.2, 0.25) is 11.8 Å². The highest BCUT2D eigenvalue weighted by atomic mass is 16.8. The van der Waals surface area contributed by atoms with Crippen LogP contribution in [0.3, 0.4) is 0 Å². The quantitative estimate of drug-likeness (QED) is 0.0571. The molecular formula is C45H76N2O33. The van der Waals surface area contributed by atoms with Gasteiger partial charge in [-0.05, 0) is 6.92 Å². The van der Waals surface area contributed by atoms with Crippen LogP contribution in [0.4, 0.5) is 0 Å². The summed E-state index contributed by atoms with van der Waals surface area (Å²) in [6, 6.07) is -3.02. The van der Waals surface area contributed by atoms with E-state index in [1.807, 2.05) is 0 Å². The van der Waals surface area contributed by atoms with Crippen molar-refractivity contribution in [3.8, 4) is 0 Å². The summed E-state index contributed by atoms with van der Waals surface area (Å²) in [6.45, 7) is -2.31. The zero-order valence-corrected chi connectivity index (χ0v) is 43.2. The Morgan fingerprint density at radius 3 is 1.46 bits per heavy atom. The predicted molar refractivity (Wildman–Crippen MR) is 246 cm³/mol. The molecule has 7 fully saturated rings. The minimum Gasteiger partial charge on any atom is -0.394 e. The van der Waals surface area contributed by atoms with E-state index in [4.69, 9.17) is 61.6 Å². The van der Waals surface area contributed by atoms with E-state index >= 15 is 0 Å². The summed E-state index contributed by atoms with van der Waals surface area (Å²) in [5.41, 5.74) is 0. The summed E-state index contributed by atoms with van der Waals surface area (Å²) in [7, 11) is 0. The number of aliphatic hydroxyl groups excluding tert-OH is 18. The Bertz CT molecular complexity index is 1950. The molecule has 35 nitrogen and oxygen atoms in total. The molecule has 0 aromatic rings. The maximum absolute atomic E-state index is 13.0. The minimum absolute atomic E-state index is 0.366. The van der Waals surface area contributed by atoms with Crippen LogP contribution in [0.15, 0.2) is 0 Å². The largest absolute Gasteiger partial charge is 0.394 e. The minimum atomic E-state index is -2.23. The van der Waals surface area contributed by atoms with Crippen LogP contribution in [0.5, 0.6) is 0 Å². The van der Waals surface area contributed by atoms with E-state index in [1.54, 1.807) is 0 Å². The molecule has 7 rings (SSSR count). The predicted octanol–water partition coefficient (Wildman–Crippen LogP) is -13.6. The number of aliphatic hydroxyl groups is 18. The van der Waals surface area contributed by atoms with Crippen LogP contribution in [-0.2, 0) is 71.2 Å². The highest BCUT2D eigenvalue weighted by Gasteiger charge is 2.59. The summed E-state index contributed by atoms with van der Waals surface area (Å²) in [4.78, 5) is 25.5. The lowest BCUT2D eigenvalue weighted by Gasteiger charge is -2.51. The average molecular weight is 1170 g/mol. The van der Waals surface area contributed by atoms with Crippen molar-refractivity contribution in [3.05, 3.63) is 0 Å². The molecule has 0 spiro atoms. The standard InChI is InChI=1S/C45H76N2O33/c1-11-22(55)28(61)33(66)43(71-11)76-35-14(46-12(2)52)8-68-18(6-50)37(35)78-40-21(47-13(3)53)27(60)36(19(7-51)74-40)77-45-39(80-42-31(64)23(56)15(54)9-69-42)38(79-44-34(67)30(63)25(58)17(5-49)73-44)26(59)20(75-45)10-70-41-32(65)29(62)24(57)16(4-48)72-41/h11,14-45,48-51,54-67H,4-10H2,1-3H3,(H,46,52)(H,47,53)/t11-,14-,15+,16+,17+,18+,19+,20+,21+,22+,23-,24+,25+,26+,27+,28+,29-,30-,31+,32-,33-,34-,35+,36+,37+,38-,39-,40-,41-,42+,43+,44+,45+/m0/s1. The van der Waals surface area contributed by atoms with Crippen LogP contribution in [-0.4, -0.2) is 352 Å². The topological polar surface area (TPSA) is 542 Å². The highest BCUT2D eigenvalue weighted by Crippen LogP contribution is 2.38. The van der Waals surface area contributed by atoms with Gasteiger partial charge in [-0.15, -0.1) is 0 Å². The van der Waals surface area contributed by atoms with Gasteiger partial charge in [0.15, 0.2) is 37.7 Å². The van der Waals surface area contributed by atoms with E-state index in [0.29, 0.717) is 0 Å². The van der Waals surface area contributed by atoms with Gasteiger partial charge in [-0.3, -0.25) is 9.59 Å². The molecule has 0 aromatic heterocycles. The maximum atomic E-state index is 13.0. The van der Waals surface area contributed by atoms with Gasteiger partial charge < -0.3 is 164 Å². The third-order valence-corrected chi connectivity index (χ3v) is 14.8. The molecule has 0 unspecified atom stereocenters. The third kappa shape index (κ3) is 14.2. The van der Waals surface area contributed by atoms with Gasteiger partial charge in [0.1, 0.15) is 153 Å². The first-order valence-corrected chi connectivity index (χ1v) is 25.8. The van der Waals surface area contributed by atoms with Crippen molar-refractivity contribution in [1.29, 1.82) is 0 Å². The molecule has 80 heavy (non-hydrogen) atoms. The van der Waals surface area contributed by atoms with Crippen LogP contribution in [0.1, 0.15) is 20.8 Å². The lowest BCUT2D eigenvalue weighted by atomic mass is 9.93. The fourth-order valence-corrected chi connectivity index (χ4v) is 10.3. The molecule has 7 aliphatic heterocycles. The molecule has 0 radical (unpaired) electrons. The molecule has 0 bridgehead atoms. The van der Waals surface area contributed by atoms with E-state index in [-0.39, 0.29) is 6.61 Å². The van der Waals surface area contributed by atoms with Gasteiger partial charge in [-0.1, -0.05) is 0 Å². The van der Waals surface area contributed by atoms with E-state index in [9.17, 15) is 102 Å². The number of hydrogen-bond donors (Lipinski definition) is 20. The van der Waals surface area contributed by atoms with Crippen molar-refractivity contribution in [2.24, 2.45) is 0 Å². The summed E-state index contributed by atoms with van der Waals surface area (Å²) in [5, 5.41) is 199. The van der Waals surface area contributed by atoms with Gasteiger partial charge >= 0.3 is 0 Å². The van der Waals surface area contributed by atoms with Crippen LogP contribution in [0.2, 0.25) is 0 Å². The van der Waals surface area contributed by atoms with Crippen molar-refractivity contribution in [2.75, 3.05) is 46.2 Å². The number of ether oxygens (including phenoxy) is 13. The lowest BCUT2D eigenvalue weighted by molar-refractivity contribution is -0.404. The lowest BCUT2D eigenvalue weighted by Crippen LogP contribution is -2.71. The van der Waals surface area contributed by atoms with Crippen molar-refractivity contribution in [1.82, 2.24) is 10.6 Å². The van der Waals surface area contributed by atoms with E-state index < -0.39 is 254 Å². The summed E-state index contributed by atoms with van der Waals surface area (Å²) < 4.78 is 77.0. The molecule has 7 heterocycles. The van der Waals surface area contributed by atoms with Crippen molar-refractivity contribution >= 4 is 11.8 Å².